The van der Waals surface area contributed by atoms with Gasteiger partial charge < -0.3 is 14.2 Å². The molecule has 1 atom stereocenters. The number of unbranched alkanes of at least 4 members (excludes halogenated alkanes) is 43. The lowest BCUT2D eigenvalue weighted by molar-refractivity contribution is -0.167. The SMILES string of the molecule is CCCCCCCC/C=C\CCCCCCCCCC(=O)OCC(COC(=O)CCCCCCCCCCC/C=C\CCCCCCCCCC)OC(=O)CCCCCCCCC/C=C\CCCCCCCC. The Morgan fingerprint density at radius 2 is 0.452 bits per heavy atom. The Morgan fingerprint density at radius 3 is 0.685 bits per heavy atom. The molecule has 6 heteroatoms. The first-order valence-corrected chi connectivity index (χ1v) is 32.5. The second-order valence-corrected chi connectivity index (χ2v) is 22.0. The molecule has 0 aromatic heterocycles. The van der Waals surface area contributed by atoms with Crippen molar-refractivity contribution < 1.29 is 28.6 Å². The summed E-state index contributed by atoms with van der Waals surface area (Å²) in [4.78, 5) is 38.3. The molecule has 0 bridgehead atoms. The molecular formula is C67H124O6. The van der Waals surface area contributed by atoms with Crippen LogP contribution in [0.1, 0.15) is 355 Å². The standard InChI is InChI=1S/C67H124O6/c1-4-7-10-13-16-19-22-25-28-31-32-33-34-37-39-42-45-48-51-54-57-60-66(69)72-63-64(73-67(70)61-58-55-52-49-46-43-40-36-30-27-24-21-18-15-12-9-6-3)62-71-65(68)59-56-53-50-47-44-41-38-35-29-26-23-20-17-14-11-8-5-2/h26-27,29-32,64H,4-25,28,33-63H2,1-3H3/b29-26-,30-27-,32-31-. The summed E-state index contributed by atoms with van der Waals surface area (Å²) in [7, 11) is 0. The number of ether oxygens (including phenoxy) is 3. The molecule has 0 aliphatic heterocycles. The number of carbonyl (C=O) groups excluding carboxylic acids is 3. The van der Waals surface area contributed by atoms with E-state index >= 15 is 0 Å². The Labute approximate surface area is 455 Å². The van der Waals surface area contributed by atoms with E-state index in [0.29, 0.717) is 19.3 Å². The van der Waals surface area contributed by atoms with Crippen molar-refractivity contribution in [3.63, 3.8) is 0 Å². The molecule has 0 N–H and O–H groups in total. The van der Waals surface area contributed by atoms with Crippen molar-refractivity contribution in [2.45, 2.75) is 361 Å². The van der Waals surface area contributed by atoms with E-state index in [1.54, 1.807) is 0 Å². The van der Waals surface area contributed by atoms with Crippen LogP contribution in [0, 0.1) is 0 Å². The Hall–Kier alpha value is -2.37. The maximum atomic E-state index is 12.9. The minimum atomic E-state index is -0.777. The molecule has 73 heavy (non-hydrogen) atoms. The smallest absolute Gasteiger partial charge is 0.306 e. The fourth-order valence-corrected chi connectivity index (χ4v) is 9.67. The van der Waals surface area contributed by atoms with Gasteiger partial charge in [0, 0.05) is 19.3 Å². The maximum Gasteiger partial charge on any atom is 0.306 e. The Kier molecular flexibility index (Phi) is 60.2. The zero-order chi connectivity index (χ0) is 52.9. The number of hydrogen-bond donors (Lipinski definition) is 0. The van der Waals surface area contributed by atoms with Crippen molar-refractivity contribution in [1.29, 1.82) is 0 Å². The molecule has 0 radical (unpaired) electrons. The first-order valence-electron chi connectivity index (χ1n) is 32.5. The quantitative estimate of drug-likeness (QED) is 0.0261. The second kappa shape index (κ2) is 62.2. The minimum Gasteiger partial charge on any atom is -0.462 e. The lowest BCUT2D eigenvalue weighted by Gasteiger charge is -2.18. The molecule has 1 unspecified atom stereocenters. The average molecular weight is 1030 g/mol. The van der Waals surface area contributed by atoms with Crippen LogP contribution in [0.2, 0.25) is 0 Å². The van der Waals surface area contributed by atoms with Gasteiger partial charge in [-0.15, -0.1) is 0 Å². The summed E-state index contributed by atoms with van der Waals surface area (Å²) in [6, 6.07) is 0. The summed E-state index contributed by atoms with van der Waals surface area (Å²) in [6.45, 7) is 6.68. The molecule has 0 aliphatic carbocycles. The van der Waals surface area contributed by atoms with Gasteiger partial charge in [0.05, 0.1) is 0 Å². The van der Waals surface area contributed by atoms with Gasteiger partial charge in [0.25, 0.3) is 0 Å². The molecule has 0 saturated heterocycles. The van der Waals surface area contributed by atoms with E-state index in [-0.39, 0.29) is 31.1 Å². The summed E-state index contributed by atoms with van der Waals surface area (Å²) in [6.07, 6.45) is 75.7. The molecule has 0 amide bonds. The van der Waals surface area contributed by atoms with Gasteiger partial charge in [-0.05, 0) is 96.3 Å². The van der Waals surface area contributed by atoms with Crippen molar-refractivity contribution in [2.75, 3.05) is 13.2 Å². The largest absolute Gasteiger partial charge is 0.462 e. The molecule has 0 spiro atoms. The zero-order valence-electron chi connectivity index (χ0n) is 49.2. The molecule has 0 rings (SSSR count). The van der Waals surface area contributed by atoms with Crippen LogP contribution in [0.15, 0.2) is 36.5 Å². The van der Waals surface area contributed by atoms with Crippen LogP contribution in [0.3, 0.4) is 0 Å². The highest BCUT2D eigenvalue weighted by molar-refractivity contribution is 5.71. The van der Waals surface area contributed by atoms with Crippen LogP contribution in [-0.4, -0.2) is 37.2 Å². The molecule has 0 heterocycles. The van der Waals surface area contributed by atoms with Crippen LogP contribution in [0.5, 0.6) is 0 Å². The molecule has 0 aliphatic rings. The predicted molar refractivity (Wildman–Crippen MR) is 316 cm³/mol. The number of carbonyl (C=O) groups is 3. The Morgan fingerprint density at radius 1 is 0.260 bits per heavy atom. The van der Waals surface area contributed by atoms with Gasteiger partial charge in [0.1, 0.15) is 13.2 Å². The van der Waals surface area contributed by atoms with E-state index in [1.807, 2.05) is 0 Å². The number of rotatable bonds is 60. The number of esters is 3. The van der Waals surface area contributed by atoms with Gasteiger partial charge in [0.2, 0.25) is 0 Å². The maximum absolute atomic E-state index is 12.9. The average Bonchev–Trinajstić information content (AvgIpc) is 3.39. The summed E-state index contributed by atoms with van der Waals surface area (Å²) >= 11 is 0. The van der Waals surface area contributed by atoms with Crippen molar-refractivity contribution in [1.82, 2.24) is 0 Å². The number of hydrogen-bond acceptors (Lipinski definition) is 6. The molecule has 428 valence electrons. The van der Waals surface area contributed by atoms with E-state index in [2.05, 4.69) is 57.2 Å². The van der Waals surface area contributed by atoms with E-state index in [4.69, 9.17) is 14.2 Å². The van der Waals surface area contributed by atoms with Crippen LogP contribution in [0.4, 0.5) is 0 Å². The van der Waals surface area contributed by atoms with E-state index in [0.717, 1.165) is 57.8 Å². The van der Waals surface area contributed by atoms with Gasteiger partial charge in [0.15, 0.2) is 6.10 Å². The lowest BCUT2D eigenvalue weighted by Crippen LogP contribution is -2.30. The Balaban J connectivity index is 4.33. The van der Waals surface area contributed by atoms with Crippen LogP contribution in [0.25, 0.3) is 0 Å². The van der Waals surface area contributed by atoms with Crippen LogP contribution >= 0.6 is 0 Å². The fourth-order valence-electron chi connectivity index (χ4n) is 9.67. The summed E-state index contributed by atoms with van der Waals surface area (Å²) in [5.41, 5.74) is 0. The van der Waals surface area contributed by atoms with Crippen LogP contribution < -0.4 is 0 Å². The third-order valence-electron chi connectivity index (χ3n) is 14.6. The highest BCUT2D eigenvalue weighted by atomic mass is 16.6. The van der Waals surface area contributed by atoms with E-state index < -0.39 is 6.10 Å². The van der Waals surface area contributed by atoms with Gasteiger partial charge in [-0.3, -0.25) is 14.4 Å². The summed E-state index contributed by atoms with van der Waals surface area (Å²) in [5.74, 6) is -0.861. The highest BCUT2D eigenvalue weighted by Crippen LogP contribution is 2.17. The van der Waals surface area contributed by atoms with Gasteiger partial charge in [-0.25, -0.2) is 0 Å². The van der Waals surface area contributed by atoms with E-state index in [1.165, 1.54) is 257 Å². The third kappa shape index (κ3) is 60.4. The molecule has 0 aromatic carbocycles. The van der Waals surface area contributed by atoms with Crippen molar-refractivity contribution >= 4 is 17.9 Å². The topological polar surface area (TPSA) is 78.9 Å². The lowest BCUT2D eigenvalue weighted by atomic mass is 10.1. The molecule has 0 saturated carbocycles. The molecular weight excluding hydrogens is 901 g/mol. The van der Waals surface area contributed by atoms with Crippen LogP contribution in [-0.2, 0) is 28.6 Å². The van der Waals surface area contributed by atoms with E-state index in [9.17, 15) is 14.4 Å². The molecule has 6 nitrogen and oxygen atoms in total. The van der Waals surface area contributed by atoms with Gasteiger partial charge >= 0.3 is 17.9 Å². The minimum absolute atomic E-state index is 0.0734. The highest BCUT2D eigenvalue weighted by Gasteiger charge is 2.19. The first-order chi connectivity index (χ1) is 36.0. The van der Waals surface area contributed by atoms with Gasteiger partial charge in [-0.1, -0.05) is 276 Å². The summed E-state index contributed by atoms with van der Waals surface area (Å²) in [5, 5.41) is 0. The van der Waals surface area contributed by atoms with Crippen molar-refractivity contribution in [3.05, 3.63) is 36.5 Å². The zero-order valence-corrected chi connectivity index (χ0v) is 49.2. The second-order valence-electron chi connectivity index (χ2n) is 22.0. The summed E-state index contributed by atoms with van der Waals surface area (Å²) < 4.78 is 17.0. The third-order valence-corrected chi connectivity index (χ3v) is 14.6. The fraction of sp³-hybridized carbons (Fsp3) is 0.866. The van der Waals surface area contributed by atoms with Gasteiger partial charge in [-0.2, -0.15) is 0 Å². The molecule has 0 fully saturated rings. The Bertz CT molecular complexity index is 1220. The first kappa shape index (κ1) is 70.6. The number of allylic oxidation sites excluding steroid dienone is 6. The predicted octanol–water partition coefficient (Wildman–Crippen LogP) is 22.0. The molecule has 0 aromatic rings. The monoisotopic (exact) mass is 1020 g/mol. The normalized spacial score (nSPS) is 12.2. The van der Waals surface area contributed by atoms with Crippen molar-refractivity contribution in [3.8, 4) is 0 Å². The van der Waals surface area contributed by atoms with Crippen molar-refractivity contribution in [2.24, 2.45) is 0 Å².